The van der Waals surface area contributed by atoms with E-state index >= 15 is 0 Å². The molecule has 0 aromatic heterocycles. The number of rotatable bonds is 2. The van der Waals surface area contributed by atoms with Gasteiger partial charge in [-0.25, -0.2) is 0 Å². The Labute approximate surface area is 99.4 Å². The van der Waals surface area contributed by atoms with Gasteiger partial charge in [-0.05, 0) is 49.9 Å². The molecule has 0 unspecified atom stereocenters. The first-order chi connectivity index (χ1) is 7.24. The molecule has 1 aromatic carbocycles. The summed E-state index contributed by atoms with van der Waals surface area (Å²) < 4.78 is 1.12. The Morgan fingerprint density at radius 3 is 2.27 bits per heavy atom. The molecule has 0 saturated heterocycles. The molecule has 1 saturated carbocycles. The second-order valence-corrected chi connectivity index (χ2v) is 5.18. The zero-order valence-corrected chi connectivity index (χ0v) is 10.3. The van der Waals surface area contributed by atoms with Crippen LogP contribution < -0.4 is 11.1 Å². The van der Waals surface area contributed by atoms with Crippen LogP contribution in [0.4, 0.5) is 5.69 Å². The van der Waals surface area contributed by atoms with Crippen LogP contribution in [-0.4, -0.2) is 12.1 Å². The fourth-order valence-electron chi connectivity index (χ4n) is 2.05. The van der Waals surface area contributed by atoms with Crippen molar-refractivity contribution < 1.29 is 0 Å². The molecule has 3 heteroatoms. The van der Waals surface area contributed by atoms with Crippen LogP contribution in [0.1, 0.15) is 25.7 Å². The molecule has 15 heavy (non-hydrogen) atoms. The Morgan fingerprint density at radius 1 is 1.07 bits per heavy atom. The van der Waals surface area contributed by atoms with E-state index in [1.807, 2.05) is 0 Å². The van der Waals surface area contributed by atoms with Crippen molar-refractivity contribution in [3.63, 3.8) is 0 Å². The molecular weight excluding hydrogens is 252 g/mol. The van der Waals surface area contributed by atoms with E-state index in [-0.39, 0.29) is 0 Å². The van der Waals surface area contributed by atoms with Gasteiger partial charge >= 0.3 is 0 Å². The lowest BCUT2D eigenvalue weighted by atomic mass is 9.92. The summed E-state index contributed by atoms with van der Waals surface area (Å²) >= 11 is 3.43. The molecule has 0 heterocycles. The number of nitrogens with two attached hydrogens (primary N) is 1. The molecule has 1 aromatic rings. The summed E-state index contributed by atoms with van der Waals surface area (Å²) in [5.41, 5.74) is 7.08. The van der Waals surface area contributed by atoms with Crippen molar-refractivity contribution in [3.8, 4) is 0 Å². The van der Waals surface area contributed by atoms with Gasteiger partial charge in [0.15, 0.2) is 0 Å². The third kappa shape index (κ3) is 3.21. The van der Waals surface area contributed by atoms with E-state index in [4.69, 9.17) is 5.73 Å². The van der Waals surface area contributed by atoms with E-state index in [0.29, 0.717) is 12.1 Å². The average molecular weight is 269 g/mol. The molecule has 0 bridgehead atoms. The number of hydrogen-bond donors (Lipinski definition) is 2. The van der Waals surface area contributed by atoms with Gasteiger partial charge < -0.3 is 11.1 Å². The molecule has 82 valence electrons. The molecule has 0 atom stereocenters. The Balaban J connectivity index is 1.89. The van der Waals surface area contributed by atoms with E-state index in [1.165, 1.54) is 18.5 Å². The number of hydrogen-bond acceptors (Lipinski definition) is 2. The van der Waals surface area contributed by atoms with Crippen LogP contribution in [0.5, 0.6) is 0 Å². The molecule has 1 fully saturated rings. The highest BCUT2D eigenvalue weighted by atomic mass is 79.9. The molecule has 2 nitrogen and oxygen atoms in total. The summed E-state index contributed by atoms with van der Waals surface area (Å²) in [5, 5.41) is 3.55. The van der Waals surface area contributed by atoms with Gasteiger partial charge in [-0.15, -0.1) is 0 Å². The highest BCUT2D eigenvalue weighted by Crippen LogP contribution is 2.22. The molecule has 0 spiro atoms. The Kier molecular flexibility index (Phi) is 3.65. The minimum Gasteiger partial charge on any atom is -0.382 e. The molecule has 0 aliphatic heterocycles. The second-order valence-electron chi connectivity index (χ2n) is 4.26. The maximum absolute atomic E-state index is 5.88. The van der Waals surface area contributed by atoms with Crippen molar-refractivity contribution in [2.75, 3.05) is 5.32 Å². The number of benzene rings is 1. The SMILES string of the molecule is NC1CCC(Nc2ccc(Br)cc2)CC1. The average Bonchev–Trinajstić information content (AvgIpc) is 2.25. The van der Waals surface area contributed by atoms with Crippen LogP contribution in [0.25, 0.3) is 0 Å². The lowest BCUT2D eigenvalue weighted by Crippen LogP contribution is -2.32. The highest BCUT2D eigenvalue weighted by molar-refractivity contribution is 9.10. The molecular formula is C12H17BrN2. The van der Waals surface area contributed by atoms with Crippen LogP contribution >= 0.6 is 15.9 Å². The maximum Gasteiger partial charge on any atom is 0.0343 e. The summed E-state index contributed by atoms with van der Waals surface area (Å²) in [4.78, 5) is 0. The molecule has 0 amide bonds. The summed E-state index contributed by atoms with van der Waals surface area (Å²) in [5.74, 6) is 0. The third-order valence-corrected chi connectivity index (χ3v) is 3.52. The quantitative estimate of drug-likeness (QED) is 0.865. The van der Waals surface area contributed by atoms with Crippen molar-refractivity contribution in [2.24, 2.45) is 5.73 Å². The number of nitrogens with one attached hydrogen (secondary N) is 1. The predicted molar refractivity (Wildman–Crippen MR) is 68.0 cm³/mol. The molecule has 1 aliphatic carbocycles. The summed E-state index contributed by atoms with van der Waals surface area (Å²) in [6.07, 6.45) is 4.68. The van der Waals surface area contributed by atoms with E-state index in [0.717, 1.165) is 17.3 Å². The van der Waals surface area contributed by atoms with Gasteiger partial charge in [-0.1, -0.05) is 15.9 Å². The first-order valence-corrected chi connectivity index (χ1v) is 6.31. The predicted octanol–water partition coefficient (Wildman–Crippen LogP) is 3.13. The van der Waals surface area contributed by atoms with Crippen molar-refractivity contribution in [3.05, 3.63) is 28.7 Å². The Morgan fingerprint density at radius 2 is 1.67 bits per heavy atom. The van der Waals surface area contributed by atoms with E-state index in [1.54, 1.807) is 0 Å². The van der Waals surface area contributed by atoms with Crippen LogP contribution in [-0.2, 0) is 0 Å². The smallest absolute Gasteiger partial charge is 0.0343 e. The van der Waals surface area contributed by atoms with Gasteiger partial charge in [-0.3, -0.25) is 0 Å². The van der Waals surface area contributed by atoms with Gasteiger partial charge in [0.2, 0.25) is 0 Å². The van der Waals surface area contributed by atoms with E-state index < -0.39 is 0 Å². The van der Waals surface area contributed by atoms with Crippen molar-refractivity contribution in [2.45, 2.75) is 37.8 Å². The highest BCUT2D eigenvalue weighted by Gasteiger charge is 2.17. The standard InChI is InChI=1S/C12H17BrN2/c13-9-1-5-11(6-2-9)15-12-7-3-10(14)4-8-12/h1-2,5-6,10,12,15H,3-4,7-8,14H2. The van der Waals surface area contributed by atoms with Gasteiger partial charge in [0.1, 0.15) is 0 Å². The zero-order chi connectivity index (χ0) is 10.7. The summed E-state index contributed by atoms with van der Waals surface area (Å²) in [7, 11) is 0. The normalized spacial score (nSPS) is 26.3. The van der Waals surface area contributed by atoms with Crippen LogP contribution in [0.15, 0.2) is 28.7 Å². The van der Waals surface area contributed by atoms with Gasteiger partial charge in [-0.2, -0.15) is 0 Å². The van der Waals surface area contributed by atoms with E-state index in [9.17, 15) is 0 Å². The van der Waals surface area contributed by atoms with Crippen molar-refractivity contribution >= 4 is 21.6 Å². The lowest BCUT2D eigenvalue weighted by molar-refractivity contribution is 0.411. The molecule has 2 rings (SSSR count). The van der Waals surface area contributed by atoms with Crippen LogP contribution in [0, 0.1) is 0 Å². The summed E-state index contributed by atoms with van der Waals surface area (Å²) in [6, 6.07) is 9.38. The van der Waals surface area contributed by atoms with Gasteiger partial charge in [0, 0.05) is 22.2 Å². The molecule has 1 aliphatic rings. The minimum absolute atomic E-state index is 0.424. The fourth-order valence-corrected chi connectivity index (χ4v) is 2.31. The second kappa shape index (κ2) is 4.99. The fraction of sp³-hybridized carbons (Fsp3) is 0.500. The van der Waals surface area contributed by atoms with Crippen LogP contribution in [0.3, 0.4) is 0 Å². The molecule has 3 N–H and O–H groups in total. The largest absolute Gasteiger partial charge is 0.382 e. The first kappa shape index (κ1) is 11.0. The Bertz CT molecular complexity index is 302. The number of anilines is 1. The minimum atomic E-state index is 0.424. The Hall–Kier alpha value is -0.540. The van der Waals surface area contributed by atoms with Crippen molar-refractivity contribution in [1.82, 2.24) is 0 Å². The lowest BCUT2D eigenvalue weighted by Gasteiger charge is -2.27. The van der Waals surface area contributed by atoms with E-state index in [2.05, 4.69) is 45.5 Å². The third-order valence-electron chi connectivity index (χ3n) is 2.99. The topological polar surface area (TPSA) is 38.0 Å². The van der Waals surface area contributed by atoms with Gasteiger partial charge in [0.25, 0.3) is 0 Å². The van der Waals surface area contributed by atoms with Gasteiger partial charge in [0.05, 0.1) is 0 Å². The maximum atomic E-state index is 5.88. The molecule has 0 radical (unpaired) electrons. The monoisotopic (exact) mass is 268 g/mol. The number of halogens is 1. The first-order valence-electron chi connectivity index (χ1n) is 5.52. The summed E-state index contributed by atoms with van der Waals surface area (Å²) in [6.45, 7) is 0. The zero-order valence-electron chi connectivity index (χ0n) is 8.75. The van der Waals surface area contributed by atoms with Crippen LogP contribution in [0.2, 0.25) is 0 Å². The van der Waals surface area contributed by atoms with Crippen molar-refractivity contribution in [1.29, 1.82) is 0 Å².